The zero-order valence-corrected chi connectivity index (χ0v) is 15.8. The van der Waals surface area contributed by atoms with Crippen molar-refractivity contribution in [1.29, 1.82) is 0 Å². The number of hydrogen-bond donors (Lipinski definition) is 1. The first kappa shape index (κ1) is 15.9. The summed E-state index contributed by atoms with van der Waals surface area (Å²) >= 11 is 0. The van der Waals surface area contributed by atoms with Gasteiger partial charge in [0.25, 0.3) is 0 Å². The molecule has 0 spiro atoms. The fourth-order valence-corrected chi connectivity index (χ4v) is 6.80. The van der Waals surface area contributed by atoms with Crippen molar-refractivity contribution in [3.63, 3.8) is 0 Å². The van der Waals surface area contributed by atoms with E-state index in [1.54, 1.807) is 7.11 Å². The van der Waals surface area contributed by atoms with Crippen LogP contribution in [-0.2, 0) is 5.60 Å². The van der Waals surface area contributed by atoms with E-state index in [-0.39, 0.29) is 0 Å². The summed E-state index contributed by atoms with van der Waals surface area (Å²) in [6.45, 7) is 0. The van der Waals surface area contributed by atoms with E-state index >= 15 is 0 Å². The molecule has 0 amide bonds. The van der Waals surface area contributed by atoms with Crippen molar-refractivity contribution in [1.82, 2.24) is 0 Å². The molecule has 0 unspecified atom stereocenters. The maximum atomic E-state index is 12.1. The molecule has 7 rings (SSSR count). The Morgan fingerprint density at radius 1 is 0.778 bits per heavy atom. The lowest BCUT2D eigenvalue weighted by Crippen LogP contribution is -2.55. The Hall–Kier alpha value is -2.06. The molecule has 0 radical (unpaired) electrons. The Morgan fingerprint density at radius 3 is 1.89 bits per heavy atom. The van der Waals surface area contributed by atoms with Gasteiger partial charge in [-0.15, -0.1) is 0 Å². The van der Waals surface area contributed by atoms with Gasteiger partial charge in [-0.3, -0.25) is 0 Å². The molecule has 1 N–H and O–H groups in total. The van der Waals surface area contributed by atoms with Crippen LogP contribution in [0.4, 0.5) is 0 Å². The number of fused-ring (bicyclic) bond motifs is 2. The topological polar surface area (TPSA) is 29.5 Å². The van der Waals surface area contributed by atoms with Crippen LogP contribution in [0.25, 0.3) is 21.5 Å². The molecular formula is C25H26O2. The molecule has 2 heteroatoms. The van der Waals surface area contributed by atoms with Crippen LogP contribution in [0.1, 0.15) is 37.7 Å². The van der Waals surface area contributed by atoms with Crippen LogP contribution in [0, 0.1) is 23.7 Å². The average molecular weight is 358 g/mol. The van der Waals surface area contributed by atoms with Gasteiger partial charge in [-0.1, -0.05) is 24.3 Å². The summed E-state index contributed by atoms with van der Waals surface area (Å²) in [6, 6.07) is 17.3. The monoisotopic (exact) mass is 358 g/mol. The molecule has 0 heterocycles. The molecule has 4 aliphatic rings. The molecular weight excluding hydrogens is 332 g/mol. The highest BCUT2D eigenvalue weighted by Crippen LogP contribution is 2.63. The zero-order valence-electron chi connectivity index (χ0n) is 15.8. The van der Waals surface area contributed by atoms with Crippen molar-refractivity contribution < 1.29 is 9.84 Å². The van der Waals surface area contributed by atoms with Gasteiger partial charge in [0.1, 0.15) is 5.75 Å². The molecule has 4 saturated carbocycles. The smallest absolute Gasteiger partial charge is 0.125 e. The Bertz CT molecular complexity index is 1020. The van der Waals surface area contributed by atoms with Crippen LogP contribution in [0.15, 0.2) is 48.5 Å². The van der Waals surface area contributed by atoms with E-state index in [0.29, 0.717) is 11.8 Å². The molecule has 3 aromatic rings. The summed E-state index contributed by atoms with van der Waals surface area (Å²) in [5, 5.41) is 16.9. The molecule has 2 nitrogen and oxygen atoms in total. The van der Waals surface area contributed by atoms with Crippen LogP contribution in [0.3, 0.4) is 0 Å². The minimum Gasteiger partial charge on any atom is -0.496 e. The Labute approximate surface area is 160 Å². The molecule has 4 fully saturated rings. The molecule has 0 atom stereocenters. The number of methoxy groups -OCH3 is 1. The number of ether oxygens (including phenoxy) is 1. The quantitative estimate of drug-likeness (QED) is 0.600. The van der Waals surface area contributed by atoms with Gasteiger partial charge < -0.3 is 9.84 Å². The van der Waals surface area contributed by atoms with Crippen LogP contribution in [0.2, 0.25) is 0 Å². The van der Waals surface area contributed by atoms with Gasteiger partial charge in [0.15, 0.2) is 0 Å². The van der Waals surface area contributed by atoms with E-state index in [1.807, 2.05) is 0 Å². The summed E-state index contributed by atoms with van der Waals surface area (Å²) in [5.74, 6) is 3.31. The van der Waals surface area contributed by atoms with Crippen LogP contribution < -0.4 is 4.74 Å². The predicted molar refractivity (Wildman–Crippen MR) is 109 cm³/mol. The van der Waals surface area contributed by atoms with Crippen LogP contribution in [0.5, 0.6) is 5.75 Å². The van der Waals surface area contributed by atoms with E-state index in [9.17, 15) is 5.11 Å². The maximum Gasteiger partial charge on any atom is 0.125 e. The summed E-state index contributed by atoms with van der Waals surface area (Å²) < 4.78 is 5.83. The van der Waals surface area contributed by atoms with Crippen LogP contribution in [-0.4, -0.2) is 12.2 Å². The average Bonchev–Trinajstić information content (AvgIpc) is 2.68. The van der Waals surface area contributed by atoms with E-state index in [1.165, 1.54) is 53.6 Å². The van der Waals surface area contributed by atoms with Gasteiger partial charge in [0, 0.05) is 5.56 Å². The minimum absolute atomic E-state index is 0.389. The minimum atomic E-state index is -0.724. The second-order valence-corrected chi connectivity index (χ2v) is 9.23. The second kappa shape index (κ2) is 5.48. The van der Waals surface area contributed by atoms with Gasteiger partial charge in [0.05, 0.1) is 12.7 Å². The van der Waals surface area contributed by atoms with Gasteiger partial charge in [0.2, 0.25) is 0 Å². The molecule has 4 aliphatic carbocycles. The van der Waals surface area contributed by atoms with Gasteiger partial charge in [-0.05, 0) is 102 Å². The largest absolute Gasteiger partial charge is 0.496 e. The highest BCUT2D eigenvalue weighted by Gasteiger charge is 2.58. The van der Waals surface area contributed by atoms with Gasteiger partial charge in [-0.2, -0.15) is 0 Å². The van der Waals surface area contributed by atoms with Crippen molar-refractivity contribution >= 4 is 21.5 Å². The van der Waals surface area contributed by atoms with Crippen molar-refractivity contribution in [2.75, 3.05) is 7.11 Å². The maximum absolute atomic E-state index is 12.1. The van der Waals surface area contributed by atoms with Crippen molar-refractivity contribution in [3.8, 4) is 5.75 Å². The van der Waals surface area contributed by atoms with Crippen molar-refractivity contribution in [2.45, 2.75) is 37.7 Å². The highest BCUT2D eigenvalue weighted by molar-refractivity contribution is 5.99. The number of rotatable bonds is 2. The number of benzene rings is 3. The summed E-state index contributed by atoms with van der Waals surface area (Å²) in [6.07, 6.45) is 6.12. The molecule has 4 bridgehead atoms. The SMILES string of the molecule is COc1cc2cc3ccccc3cc2cc1C1(O)C2CC3CC(C2)CC1C3. The lowest BCUT2D eigenvalue weighted by molar-refractivity contribution is -0.180. The van der Waals surface area contributed by atoms with Crippen molar-refractivity contribution in [3.05, 3.63) is 54.1 Å². The lowest BCUT2D eigenvalue weighted by Gasteiger charge is -2.59. The number of aliphatic hydroxyl groups is 1. The third-order valence-electron chi connectivity index (χ3n) is 7.84. The third kappa shape index (κ3) is 2.17. The fourth-order valence-electron chi connectivity index (χ4n) is 6.80. The normalized spacial score (nSPS) is 34.4. The summed E-state index contributed by atoms with van der Waals surface area (Å²) in [5.41, 5.74) is 0.306. The van der Waals surface area contributed by atoms with E-state index in [4.69, 9.17) is 4.74 Å². The van der Waals surface area contributed by atoms with Crippen LogP contribution >= 0.6 is 0 Å². The van der Waals surface area contributed by atoms with Gasteiger partial charge >= 0.3 is 0 Å². The summed E-state index contributed by atoms with van der Waals surface area (Å²) in [7, 11) is 1.74. The van der Waals surface area contributed by atoms with E-state index in [2.05, 4.69) is 48.5 Å². The van der Waals surface area contributed by atoms with E-state index in [0.717, 1.165) is 23.1 Å². The first-order chi connectivity index (χ1) is 13.1. The summed E-state index contributed by atoms with van der Waals surface area (Å²) in [4.78, 5) is 0. The second-order valence-electron chi connectivity index (χ2n) is 9.23. The Balaban J connectivity index is 1.57. The van der Waals surface area contributed by atoms with Gasteiger partial charge in [-0.25, -0.2) is 0 Å². The first-order valence-corrected chi connectivity index (χ1v) is 10.4. The first-order valence-electron chi connectivity index (χ1n) is 10.4. The number of hydrogen-bond acceptors (Lipinski definition) is 2. The molecule has 0 saturated heterocycles. The standard InChI is InChI=1S/C25H26O2/c1-27-24-14-20-12-18-5-3-2-4-17(18)11-19(20)13-23(24)25(26)21-7-15-6-16(9-21)10-22(25)8-15/h2-5,11-16,21-22,26H,6-10H2,1H3. The van der Waals surface area contributed by atoms with Crippen molar-refractivity contribution in [2.24, 2.45) is 23.7 Å². The molecule has 0 aromatic heterocycles. The highest BCUT2D eigenvalue weighted by atomic mass is 16.5. The predicted octanol–water partition coefficient (Wildman–Crippen LogP) is 5.65. The molecule has 3 aromatic carbocycles. The molecule has 138 valence electrons. The lowest BCUT2D eigenvalue weighted by atomic mass is 9.48. The molecule has 0 aliphatic heterocycles. The fraction of sp³-hybridized carbons (Fsp3) is 0.440. The van der Waals surface area contributed by atoms with E-state index < -0.39 is 5.60 Å². The zero-order chi connectivity index (χ0) is 18.2. The molecule has 27 heavy (non-hydrogen) atoms. The Morgan fingerprint density at radius 2 is 1.33 bits per heavy atom. The Kier molecular flexibility index (Phi) is 3.24. The third-order valence-corrected chi connectivity index (χ3v) is 7.84.